The molecule has 0 saturated heterocycles. The molecule has 0 N–H and O–H groups in total. The second-order valence-electron chi connectivity index (χ2n) is 9.66. The van der Waals surface area contributed by atoms with E-state index in [0.29, 0.717) is 0 Å². The van der Waals surface area contributed by atoms with Gasteiger partial charge in [0.05, 0.1) is 0 Å². The summed E-state index contributed by atoms with van der Waals surface area (Å²) < 4.78 is 0. The van der Waals surface area contributed by atoms with Crippen LogP contribution in [0.4, 0.5) is 0 Å². The van der Waals surface area contributed by atoms with Crippen LogP contribution in [0.15, 0.2) is 0 Å². The molecule has 0 radical (unpaired) electrons. The van der Waals surface area contributed by atoms with Gasteiger partial charge in [-0.25, -0.2) is 12.3 Å². The minimum atomic E-state index is 0. The van der Waals surface area contributed by atoms with Gasteiger partial charge in [-0.1, -0.05) is 121 Å². The van der Waals surface area contributed by atoms with Crippen molar-refractivity contribution in [2.45, 2.75) is 144 Å². The summed E-state index contributed by atoms with van der Waals surface area (Å²) in [5.74, 6) is 0. The zero-order valence-electron chi connectivity index (χ0n) is 23.3. The van der Waals surface area contributed by atoms with Crippen LogP contribution in [0.5, 0.6) is 0 Å². The molecule has 7 heteroatoms. The predicted octanol–water partition coefficient (Wildman–Crippen LogP) is 8.37. The first kappa shape index (κ1) is 42.9. The minimum Gasteiger partial charge on any atom is -0.678 e. The largest absolute Gasteiger partial charge is 6.00 e. The van der Waals surface area contributed by atoms with Crippen molar-refractivity contribution in [3.63, 3.8) is 0 Å². The Bertz CT molecular complexity index is 311. The summed E-state index contributed by atoms with van der Waals surface area (Å²) in [5, 5.41) is 18.6. The molecule has 0 fully saturated rings. The van der Waals surface area contributed by atoms with E-state index in [1.807, 2.05) is 0 Å². The van der Waals surface area contributed by atoms with E-state index in [4.69, 9.17) is 20.2 Å². The number of rotatable bonds is 14. The summed E-state index contributed by atoms with van der Waals surface area (Å²) >= 11 is 0. The van der Waals surface area contributed by atoms with Gasteiger partial charge < -0.3 is 30.9 Å². The van der Waals surface area contributed by atoms with Gasteiger partial charge in [0, 0.05) is 0 Å². The summed E-state index contributed by atoms with van der Waals surface area (Å²) in [4.78, 5) is 15.5. The van der Waals surface area contributed by atoms with Crippen LogP contribution in [0, 0.1) is 0 Å². The Labute approximate surface area is 220 Å². The third-order valence-corrected chi connectivity index (χ3v) is 3.83. The second-order valence-corrected chi connectivity index (χ2v) is 9.66. The Hall–Kier alpha value is -0.197. The number of hydrogen-bond donors (Lipinski definition) is 0. The summed E-state index contributed by atoms with van der Waals surface area (Å²) in [7, 11) is 0. The molecule has 0 bridgehead atoms. The molecule has 0 aromatic heterocycles. The molecule has 0 aliphatic rings. The third-order valence-electron chi connectivity index (χ3n) is 3.83. The van der Waals surface area contributed by atoms with E-state index in [1.165, 1.54) is 25.7 Å². The number of carbonyl (C=O) groups excluding carboxylic acids is 2. The molecule has 0 amide bonds. The number of nitrogens with zero attached hydrogens (tertiary/aromatic N) is 4. The molecular formula is C26H54N4O2Ru. The molecule has 6 nitrogen and oxygen atoms in total. The fraction of sp³-hybridized carbons (Fsp3) is 0.923. The van der Waals surface area contributed by atoms with Crippen LogP contribution in [0.2, 0.25) is 0 Å². The maximum atomic E-state index is 7.75. The first-order chi connectivity index (χ1) is 15.0. The van der Waals surface area contributed by atoms with E-state index >= 15 is 0 Å². The maximum absolute atomic E-state index is 7.75. The minimum absolute atomic E-state index is 0. The zero-order valence-corrected chi connectivity index (χ0v) is 25.1. The van der Waals surface area contributed by atoms with Crippen molar-refractivity contribution in [1.82, 2.24) is 0 Å². The Morgan fingerprint density at radius 2 is 0.848 bits per heavy atom. The summed E-state index contributed by atoms with van der Waals surface area (Å²) in [6.07, 6.45) is 9.89. The molecule has 0 saturated carbocycles. The van der Waals surface area contributed by atoms with E-state index < -0.39 is 0 Å². The van der Waals surface area contributed by atoms with Crippen LogP contribution in [-0.4, -0.2) is 50.1 Å². The van der Waals surface area contributed by atoms with Crippen LogP contribution >= 0.6 is 0 Å². The maximum Gasteiger partial charge on any atom is 6.00 e. The quantitative estimate of drug-likeness (QED) is 0.122. The molecule has 0 spiro atoms. The van der Waals surface area contributed by atoms with E-state index in [-0.39, 0.29) is 42.9 Å². The molecule has 0 aromatic carbocycles. The molecule has 0 rings (SSSR count). The van der Waals surface area contributed by atoms with Gasteiger partial charge in [0.1, 0.15) is 0 Å². The van der Waals surface area contributed by atoms with Gasteiger partial charge in [0.25, 0.3) is 0 Å². The molecule has 0 heterocycles. The van der Waals surface area contributed by atoms with Crippen molar-refractivity contribution >= 4 is 13.6 Å². The molecule has 198 valence electrons. The molecule has 2 atom stereocenters. The summed E-state index contributed by atoms with van der Waals surface area (Å²) in [6, 6.07) is 0. The van der Waals surface area contributed by atoms with E-state index in [0.717, 1.165) is 38.8 Å². The summed E-state index contributed by atoms with van der Waals surface area (Å²) in [6.45, 7) is 30.0. The fourth-order valence-corrected chi connectivity index (χ4v) is 2.62. The van der Waals surface area contributed by atoms with E-state index in [9.17, 15) is 0 Å². The first-order valence-corrected chi connectivity index (χ1v) is 12.2. The van der Waals surface area contributed by atoms with Crippen molar-refractivity contribution < 1.29 is 29.1 Å². The van der Waals surface area contributed by atoms with E-state index in [2.05, 4.69) is 93.4 Å². The monoisotopic (exact) mass is 556 g/mol. The predicted molar refractivity (Wildman–Crippen MR) is 143 cm³/mol. The molecule has 0 aliphatic heterocycles. The average Bonchev–Trinajstić information content (AvgIpc) is 2.73. The fourth-order valence-electron chi connectivity index (χ4n) is 2.62. The van der Waals surface area contributed by atoms with Crippen molar-refractivity contribution in [3.05, 3.63) is 21.3 Å². The zero-order chi connectivity index (χ0) is 26.1. The van der Waals surface area contributed by atoms with Gasteiger partial charge in [0.2, 0.25) is 0 Å². The Kier molecular flexibility index (Phi) is 38.8. The molecule has 0 aromatic rings. The topological polar surface area (TPSA) is 90.5 Å². The van der Waals surface area contributed by atoms with Crippen LogP contribution in [0.3, 0.4) is 0 Å². The Morgan fingerprint density at radius 3 is 1.03 bits per heavy atom. The van der Waals surface area contributed by atoms with Crippen molar-refractivity contribution in [3.8, 4) is 0 Å². The number of hydrogen-bond acceptors (Lipinski definition) is 2. The Morgan fingerprint density at radius 1 is 0.576 bits per heavy atom. The third kappa shape index (κ3) is 42.4. The SMILES string of the molecule is CCCCC([N-]CCC)[N-]C(C)(C)C.CCCCC([N-]CCC)[N-]C(C)(C)C.[CH-]=O.[CH-]=O.[Ru+6]. The molecule has 2 unspecified atom stereocenters. The van der Waals surface area contributed by atoms with Gasteiger partial charge in [-0.2, -0.15) is 13.1 Å². The summed E-state index contributed by atoms with van der Waals surface area (Å²) in [5.41, 5.74) is 0.102. The average molecular weight is 556 g/mol. The van der Waals surface area contributed by atoms with Crippen LogP contribution in [0.25, 0.3) is 21.3 Å². The van der Waals surface area contributed by atoms with Crippen LogP contribution in [0.1, 0.15) is 121 Å². The van der Waals surface area contributed by atoms with Crippen molar-refractivity contribution in [2.75, 3.05) is 13.1 Å². The molecule has 33 heavy (non-hydrogen) atoms. The standard InChI is InChI=1S/2C12H26N2.2CHO.Ru/c2*1-6-8-9-11(13-10-7-2)14-12(3,4)5;2*1-2;/h2*11H,6-10H2,1-5H3;2*1H;/q2*-2;2*-1;+6. The van der Waals surface area contributed by atoms with Crippen molar-refractivity contribution in [2.24, 2.45) is 0 Å². The second kappa shape index (κ2) is 29.8. The smallest absolute Gasteiger partial charge is 0.678 e. The van der Waals surface area contributed by atoms with E-state index in [1.54, 1.807) is 0 Å². The van der Waals surface area contributed by atoms with Gasteiger partial charge in [-0.05, 0) is 0 Å². The van der Waals surface area contributed by atoms with Crippen LogP contribution < -0.4 is 0 Å². The van der Waals surface area contributed by atoms with Gasteiger partial charge >= 0.3 is 19.5 Å². The van der Waals surface area contributed by atoms with Crippen molar-refractivity contribution in [1.29, 1.82) is 0 Å². The number of unbranched alkanes of at least 4 members (excludes halogenated alkanes) is 2. The van der Waals surface area contributed by atoms with Gasteiger partial charge in [-0.15, -0.1) is 11.1 Å². The first-order valence-electron chi connectivity index (χ1n) is 12.2. The normalized spacial score (nSPS) is 12.4. The Balaban J connectivity index is -0.000000134. The molecular weight excluding hydrogens is 501 g/mol. The van der Waals surface area contributed by atoms with Gasteiger partial charge in [0.15, 0.2) is 0 Å². The van der Waals surface area contributed by atoms with Gasteiger partial charge in [-0.3, -0.25) is 13.6 Å². The molecule has 0 aliphatic carbocycles. The van der Waals surface area contributed by atoms with Crippen LogP contribution in [-0.2, 0) is 29.1 Å².